The number of nitrogens with zero attached hydrogens (tertiary/aromatic N) is 3. The van der Waals surface area contributed by atoms with E-state index in [2.05, 4.69) is 5.10 Å². The van der Waals surface area contributed by atoms with Gasteiger partial charge in [-0.2, -0.15) is 5.10 Å². The normalized spacial score (nSPS) is 17.4. The number of aliphatic hydroxyl groups is 1. The number of hydrogen-bond acceptors (Lipinski definition) is 4. The predicted molar refractivity (Wildman–Crippen MR) is 75.4 cm³/mol. The van der Waals surface area contributed by atoms with Gasteiger partial charge in [0.1, 0.15) is 12.6 Å². The average molecular weight is 287 g/mol. The first-order valence-electron chi connectivity index (χ1n) is 6.89. The van der Waals surface area contributed by atoms with E-state index in [0.29, 0.717) is 13.1 Å². The zero-order chi connectivity index (χ0) is 14.7. The monoisotopic (exact) mass is 287 g/mol. The third-order valence-electron chi connectivity index (χ3n) is 3.63. The topological polar surface area (TPSA) is 67.6 Å². The molecule has 1 aliphatic heterocycles. The largest absolute Gasteiger partial charge is 0.445 e. The fraction of sp³-hybridized carbons (Fsp3) is 0.333. The summed E-state index contributed by atoms with van der Waals surface area (Å²) in [7, 11) is 0. The summed E-state index contributed by atoms with van der Waals surface area (Å²) in [5.74, 6) is 0. The molecular formula is C15H17N3O3. The van der Waals surface area contributed by atoms with Crippen LogP contribution in [0.3, 0.4) is 0 Å². The van der Waals surface area contributed by atoms with Crippen LogP contribution in [0.4, 0.5) is 4.79 Å². The molecule has 2 aromatic rings. The molecule has 1 N–H and O–H groups in total. The Hall–Kier alpha value is -2.34. The number of benzene rings is 1. The van der Waals surface area contributed by atoms with Gasteiger partial charge in [0, 0.05) is 12.7 Å². The van der Waals surface area contributed by atoms with Gasteiger partial charge in [-0.05, 0) is 11.6 Å². The van der Waals surface area contributed by atoms with E-state index in [-0.39, 0.29) is 13.2 Å². The van der Waals surface area contributed by atoms with Crippen LogP contribution in [0.25, 0.3) is 0 Å². The Morgan fingerprint density at radius 3 is 2.86 bits per heavy atom. The molecule has 21 heavy (non-hydrogen) atoms. The van der Waals surface area contributed by atoms with E-state index in [1.807, 2.05) is 41.1 Å². The van der Waals surface area contributed by atoms with Gasteiger partial charge in [-0.15, -0.1) is 0 Å². The van der Waals surface area contributed by atoms with E-state index in [4.69, 9.17) is 4.74 Å². The minimum absolute atomic E-state index is 0.147. The zero-order valence-corrected chi connectivity index (χ0v) is 11.6. The first kappa shape index (κ1) is 13.6. The molecule has 0 aliphatic carbocycles. The summed E-state index contributed by atoms with van der Waals surface area (Å²) in [6.45, 7) is 1.17. The van der Waals surface area contributed by atoms with Crippen molar-refractivity contribution in [2.75, 3.05) is 13.2 Å². The number of amides is 1. The molecule has 0 radical (unpaired) electrons. The number of rotatable bonds is 3. The first-order valence-corrected chi connectivity index (χ1v) is 6.89. The number of aliphatic hydroxyl groups excluding tert-OH is 1. The number of hydrogen-bond donors (Lipinski definition) is 1. The molecule has 6 nitrogen and oxygen atoms in total. The Labute approximate surface area is 122 Å². The molecular weight excluding hydrogens is 270 g/mol. The summed E-state index contributed by atoms with van der Waals surface area (Å²) in [5, 5.41) is 13.7. The molecule has 0 spiro atoms. The smallest absolute Gasteiger partial charge is 0.410 e. The van der Waals surface area contributed by atoms with Crippen LogP contribution in [-0.2, 0) is 17.9 Å². The van der Waals surface area contributed by atoms with Crippen LogP contribution >= 0.6 is 0 Å². The fourth-order valence-electron chi connectivity index (χ4n) is 2.54. The minimum Gasteiger partial charge on any atom is -0.445 e. The molecule has 1 unspecified atom stereocenters. The fourth-order valence-corrected chi connectivity index (χ4v) is 2.54. The summed E-state index contributed by atoms with van der Waals surface area (Å²) >= 11 is 0. The third-order valence-corrected chi connectivity index (χ3v) is 3.63. The maximum absolute atomic E-state index is 12.2. The second kappa shape index (κ2) is 5.97. The van der Waals surface area contributed by atoms with Crippen LogP contribution in [0, 0.1) is 0 Å². The highest BCUT2D eigenvalue weighted by atomic mass is 16.6. The summed E-state index contributed by atoms with van der Waals surface area (Å²) in [5.41, 5.74) is 1.77. The lowest BCUT2D eigenvalue weighted by atomic mass is 10.1. The average Bonchev–Trinajstić information content (AvgIpc) is 3.01. The molecule has 0 bridgehead atoms. The van der Waals surface area contributed by atoms with Crippen molar-refractivity contribution in [1.82, 2.24) is 14.7 Å². The number of fused-ring (bicyclic) bond motifs is 1. The number of aromatic nitrogens is 2. The molecule has 1 aromatic carbocycles. The van der Waals surface area contributed by atoms with E-state index in [1.54, 1.807) is 11.1 Å². The summed E-state index contributed by atoms with van der Waals surface area (Å²) in [4.78, 5) is 13.8. The summed E-state index contributed by atoms with van der Waals surface area (Å²) in [6, 6.07) is 10.9. The lowest BCUT2D eigenvalue weighted by molar-refractivity contribution is 0.0505. The van der Waals surface area contributed by atoms with Gasteiger partial charge in [0.15, 0.2) is 0 Å². The van der Waals surface area contributed by atoms with Gasteiger partial charge < -0.3 is 9.84 Å². The third kappa shape index (κ3) is 2.75. The Balaban J connectivity index is 1.67. The van der Waals surface area contributed by atoms with Crippen molar-refractivity contribution < 1.29 is 14.6 Å². The van der Waals surface area contributed by atoms with Crippen LogP contribution in [-0.4, -0.2) is 39.0 Å². The molecule has 1 amide bonds. The van der Waals surface area contributed by atoms with Gasteiger partial charge >= 0.3 is 6.09 Å². The van der Waals surface area contributed by atoms with Crippen molar-refractivity contribution in [3.8, 4) is 0 Å². The molecule has 110 valence electrons. The predicted octanol–water partition coefficient (Wildman–Crippen LogP) is 1.57. The molecule has 0 saturated heterocycles. The van der Waals surface area contributed by atoms with Gasteiger partial charge in [-0.25, -0.2) is 4.79 Å². The Morgan fingerprint density at radius 2 is 2.10 bits per heavy atom. The summed E-state index contributed by atoms with van der Waals surface area (Å²) < 4.78 is 7.14. The van der Waals surface area contributed by atoms with E-state index in [9.17, 15) is 9.90 Å². The second-order valence-electron chi connectivity index (χ2n) is 4.91. The molecule has 0 fully saturated rings. The second-order valence-corrected chi connectivity index (χ2v) is 4.91. The van der Waals surface area contributed by atoms with Crippen molar-refractivity contribution in [3.05, 3.63) is 53.9 Å². The van der Waals surface area contributed by atoms with Crippen LogP contribution in [0.1, 0.15) is 17.3 Å². The Morgan fingerprint density at radius 1 is 1.29 bits per heavy atom. The molecule has 6 heteroatoms. The highest BCUT2D eigenvalue weighted by molar-refractivity contribution is 5.68. The number of carbonyl (C=O) groups excluding carboxylic acids is 1. The molecule has 0 saturated carbocycles. The van der Waals surface area contributed by atoms with Crippen LogP contribution in [0.2, 0.25) is 0 Å². The maximum Gasteiger partial charge on any atom is 0.410 e. The Kier molecular flexibility index (Phi) is 3.87. The quantitative estimate of drug-likeness (QED) is 0.930. The van der Waals surface area contributed by atoms with Crippen molar-refractivity contribution in [1.29, 1.82) is 0 Å². The highest BCUT2D eigenvalue weighted by Gasteiger charge is 2.31. The van der Waals surface area contributed by atoms with E-state index in [1.165, 1.54) is 0 Å². The number of carbonyl (C=O) groups is 1. The lowest BCUT2D eigenvalue weighted by Crippen LogP contribution is -2.43. The number of ether oxygens (including phenoxy) is 1. The van der Waals surface area contributed by atoms with Gasteiger partial charge in [0.2, 0.25) is 0 Å². The van der Waals surface area contributed by atoms with Crippen molar-refractivity contribution in [3.63, 3.8) is 0 Å². The SMILES string of the molecule is O=C(OCc1ccccc1)N1CCn2nccc2C1CO. The molecule has 3 rings (SSSR count). The van der Waals surface area contributed by atoms with Gasteiger partial charge in [0.05, 0.1) is 18.8 Å². The molecule has 1 aliphatic rings. The van der Waals surface area contributed by atoms with Gasteiger partial charge in [0.25, 0.3) is 0 Å². The van der Waals surface area contributed by atoms with Gasteiger partial charge in [-0.1, -0.05) is 30.3 Å². The van der Waals surface area contributed by atoms with E-state index < -0.39 is 12.1 Å². The first-order chi connectivity index (χ1) is 10.3. The van der Waals surface area contributed by atoms with Crippen molar-refractivity contribution >= 4 is 6.09 Å². The van der Waals surface area contributed by atoms with Gasteiger partial charge in [-0.3, -0.25) is 9.58 Å². The molecule has 1 atom stereocenters. The summed E-state index contributed by atoms with van der Waals surface area (Å²) in [6.07, 6.45) is 1.27. The van der Waals surface area contributed by atoms with Crippen LogP contribution in [0.5, 0.6) is 0 Å². The van der Waals surface area contributed by atoms with Crippen LogP contribution in [0.15, 0.2) is 42.6 Å². The minimum atomic E-state index is -0.412. The lowest BCUT2D eigenvalue weighted by Gasteiger charge is -2.34. The van der Waals surface area contributed by atoms with Crippen LogP contribution < -0.4 is 0 Å². The van der Waals surface area contributed by atoms with Crippen molar-refractivity contribution in [2.45, 2.75) is 19.2 Å². The Bertz CT molecular complexity index is 612. The van der Waals surface area contributed by atoms with Crippen molar-refractivity contribution in [2.24, 2.45) is 0 Å². The zero-order valence-electron chi connectivity index (χ0n) is 11.6. The highest BCUT2D eigenvalue weighted by Crippen LogP contribution is 2.25. The maximum atomic E-state index is 12.2. The van der Waals surface area contributed by atoms with E-state index in [0.717, 1.165) is 11.3 Å². The standard InChI is InChI=1S/C15H17N3O3/c19-10-14-13-6-7-16-18(13)9-8-17(14)15(20)21-11-12-4-2-1-3-5-12/h1-7,14,19H,8-11H2. The molecule has 1 aromatic heterocycles. The molecule has 2 heterocycles. The van der Waals surface area contributed by atoms with E-state index >= 15 is 0 Å².